The van der Waals surface area contributed by atoms with E-state index < -0.39 is 17.3 Å². The van der Waals surface area contributed by atoms with Crippen LogP contribution in [0.4, 0.5) is 11.5 Å². The number of hydrogen-bond acceptors (Lipinski definition) is 5. The number of unbranched alkanes of at least 4 members (excludes halogenated alkanes) is 1. The quantitative estimate of drug-likeness (QED) is 0.531. The van der Waals surface area contributed by atoms with Crippen LogP contribution in [0.15, 0.2) is 39.9 Å². The van der Waals surface area contributed by atoms with Crippen LogP contribution in [0.25, 0.3) is 0 Å². The van der Waals surface area contributed by atoms with Gasteiger partial charge >= 0.3 is 5.69 Å². The molecule has 1 atom stereocenters. The number of benzene rings is 1. The van der Waals surface area contributed by atoms with Crippen LogP contribution in [0.2, 0.25) is 0 Å². The highest BCUT2D eigenvalue weighted by molar-refractivity contribution is 5.96. The van der Waals surface area contributed by atoms with E-state index in [1.165, 1.54) is 16.4 Å². The van der Waals surface area contributed by atoms with E-state index in [-0.39, 0.29) is 36.3 Å². The number of nitrogen functional groups attached to an aromatic ring is 1. The van der Waals surface area contributed by atoms with Gasteiger partial charge in [-0.2, -0.15) is 0 Å². The molecule has 9 nitrogen and oxygen atoms in total. The van der Waals surface area contributed by atoms with Crippen molar-refractivity contribution in [3.05, 3.63) is 56.7 Å². The molecule has 0 bridgehead atoms. The molecule has 0 radical (unpaired) electrons. The third-order valence-electron chi connectivity index (χ3n) is 4.93. The molecule has 0 saturated carbocycles. The predicted molar refractivity (Wildman–Crippen MR) is 121 cm³/mol. The lowest BCUT2D eigenvalue weighted by Crippen LogP contribution is -2.43. The second kappa shape index (κ2) is 11.1. The van der Waals surface area contributed by atoms with Gasteiger partial charge in [0.15, 0.2) is 5.69 Å². The van der Waals surface area contributed by atoms with Gasteiger partial charge in [-0.15, -0.1) is 0 Å². The van der Waals surface area contributed by atoms with Gasteiger partial charge in [0.2, 0.25) is 11.8 Å². The minimum absolute atomic E-state index is 0.0280. The Morgan fingerprint density at radius 1 is 1.16 bits per heavy atom. The second-order valence-electron chi connectivity index (χ2n) is 7.41. The average molecular weight is 430 g/mol. The van der Waals surface area contributed by atoms with Crippen molar-refractivity contribution >= 4 is 23.3 Å². The van der Waals surface area contributed by atoms with Crippen molar-refractivity contribution in [3.63, 3.8) is 0 Å². The molecule has 0 aliphatic rings. The van der Waals surface area contributed by atoms with Crippen LogP contribution < -0.4 is 27.2 Å². The fraction of sp³-hybridized carbons (Fsp3) is 0.455. The monoisotopic (exact) mass is 429 g/mol. The Labute approximate surface area is 181 Å². The number of carbonyl (C=O) groups excluding carboxylic acids is 2. The smallest absolute Gasteiger partial charge is 0.330 e. The van der Waals surface area contributed by atoms with Gasteiger partial charge in [0.05, 0.1) is 12.5 Å². The van der Waals surface area contributed by atoms with Crippen LogP contribution in [-0.4, -0.2) is 27.9 Å². The molecular formula is C22H31N5O4. The van der Waals surface area contributed by atoms with E-state index >= 15 is 0 Å². The summed E-state index contributed by atoms with van der Waals surface area (Å²) >= 11 is 0. The van der Waals surface area contributed by atoms with Gasteiger partial charge < -0.3 is 16.0 Å². The van der Waals surface area contributed by atoms with Crippen molar-refractivity contribution in [2.24, 2.45) is 0 Å². The Morgan fingerprint density at radius 3 is 2.42 bits per heavy atom. The van der Waals surface area contributed by atoms with Crippen molar-refractivity contribution in [2.45, 2.75) is 59.0 Å². The molecule has 31 heavy (non-hydrogen) atoms. The topological polar surface area (TPSA) is 130 Å². The first-order valence-electron chi connectivity index (χ1n) is 10.5. The molecule has 1 unspecified atom stereocenters. The summed E-state index contributed by atoms with van der Waals surface area (Å²) in [7, 11) is 0. The normalized spacial score (nSPS) is 11.7. The van der Waals surface area contributed by atoms with E-state index in [4.69, 9.17) is 5.73 Å². The molecule has 1 aromatic carbocycles. The molecule has 168 valence electrons. The number of aromatic amines is 1. The number of rotatable bonds is 10. The zero-order valence-corrected chi connectivity index (χ0v) is 18.3. The summed E-state index contributed by atoms with van der Waals surface area (Å²) < 4.78 is 1.29. The molecule has 1 heterocycles. The van der Waals surface area contributed by atoms with Crippen molar-refractivity contribution in [3.8, 4) is 0 Å². The van der Waals surface area contributed by atoms with Crippen LogP contribution in [0.3, 0.4) is 0 Å². The Kier molecular flexibility index (Phi) is 8.60. The molecule has 2 rings (SSSR count). The Bertz CT molecular complexity index is 1010. The molecule has 0 aliphatic carbocycles. The molecule has 4 N–H and O–H groups in total. The molecule has 2 amide bonds. The van der Waals surface area contributed by atoms with Crippen LogP contribution in [0.5, 0.6) is 0 Å². The number of nitrogens with zero attached hydrogens (tertiary/aromatic N) is 2. The summed E-state index contributed by atoms with van der Waals surface area (Å²) in [5, 5.41) is 2.79. The van der Waals surface area contributed by atoms with Crippen molar-refractivity contribution in [1.29, 1.82) is 0 Å². The van der Waals surface area contributed by atoms with Crippen molar-refractivity contribution in [1.82, 2.24) is 14.9 Å². The van der Waals surface area contributed by atoms with E-state index in [1.54, 1.807) is 0 Å². The Balaban J connectivity index is 2.45. The van der Waals surface area contributed by atoms with Gasteiger partial charge in [-0.05, 0) is 18.4 Å². The second-order valence-corrected chi connectivity index (χ2v) is 7.41. The van der Waals surface area contributed by atoms with Crippen LogP contribution in [0.1, 0.15) is 58.1 Å². The maximum absolute atomic E-state index is 13.3. The molecule has 0 saturated heterocycles. The maximum Gasteiger partial charge on any atom is 0.330 e. The molecule has 0 spiro atoms. The number of nitrogens with two attached hydrogens (primary N) is 1. The SMILES string of the molecule is CCCCn1c(N)c(N(CCC)C(=O)CC(NC(C)=O)c2ccccc2)c(=O)[nH]c1=O. The number of H-pyrrole nitrogens is 1. The van der Waals surface area contributed by atoms with Gasteiger partial charge in [0.25, 0.3) is 5.56 Å². The summed E-state index contributed by atoms with van der Waals surface area (Å²) in [5.74, 6) is -0.670. The summed E-state index contributed by atoms with van der Waals surface area (Å²) in [5.41, 5.74) is 5.65. The highest BCUT2D eigenvalue weighted by atomic mass is 16.2. The first kappa shape index (κ1) is 23.9. The van der Waals surface area contributed by atoms with Gasteiger partial charge in [0.1, 0.15) is 5.82 Å². The van der Waals surface area contributed by atoms with Gasteiger partial charge in [-0.3, -0.25) is 23.9 Å². The largest absolute Gasteiger partial charge is 0.383 e. The Morgan fingerprint density at radius 2 is 1.84 bits per heavy atom. The summed E-state index contributed by atoms with van der Waals surface area (Å²) in [4.78, 5) is 53.5. The maximum atomic E-state index is 13.3. The Hall–Kier alpha value is -3.36. The first-order valence-corrected chi connectivity index (χ1v) is 10.5. The lowest BCUT2D eigenvalue weighted by atomic mass is 10.0. The predicted octanol–water partition coefficient (Wildman–Crippen LogP) is 1.93. The molecule has 0 aliphatic heterocycles. The standard InChI is InChI=1S/C22H31N5O4/c1-4-6-13-27-20(23)19(21(30)25-22(27)31)26(12-5-2)18(29)14-17(24-15(3)28)16-10-8-7-9-11-16/h7-11,17H,4-6,12-14,23H2,1-3H3,(H,24,28)(H,25,30,31). The van der Waals surface area contributed by atoms with E-state index in [2.05, 4.69) is 10.3 Å². The van der Waals surface area contributed by atoms with E-state index in [1.807, 2.05) is 44.2 Å². The van der Waals surface area contributed by atoms with Crippen LogP contribution >= 0.6 is 0 Å². The van der Waals surface area contributed by atoms with Crippen molar-refractivity contribution < 1.29 is 9.59 Å². The van der Waals surface area contributed by atoms with Gasteiger partial charge in [-0.1, -0.05) is 50.6 Å². The fourth-order valence-corrected chi connectivity index (χ4v) is 3.43. The third-order valence-corrected chi connectivity index (χ3v) is 4.93. The number of hydrogen-bond donors (Lipinski definition) is 3. The lowest BCUT2D eigenvalue weighted by molar-refractivity contribution is -0.121. The molecule has 9 heteroatoms. The van der Waals surface area contributed by atoms with E-state index in [9.17, 15) is 19.2 Å². The number of aromatic nitrogens is 2. The summed E-state index contributed by atoms with van der Waals surface area (Å²) in [6.45, 7) is 5.83. The highest BCUT2D eigenvalue weighted by Gasteiger charge is 2.26. The fourth-order valence-electron chi connectivity index (χ4n) is 3.43. The molecule has 0 fully saturated rings. The van der Waals surface area contributed by atoms with Gasteiger partial charge in [0, 0.05) is 20.0 Å². The number of nitrogens with one attached hydrogen (secondary N) is 2. The lowest BCUT2D eigenvalue weighted by Gasteiger charge is -2.26. The zero-order valence-electron chi connectivity index (χ0n) is 18.3. The number of anilines is 2. The summed E-state index contributed by atoms with van der Waals surface area (Å²) in [6.07, 6.45) is 2.06. The number of carbonyl (C=O) groups is 2. The molecule has 1 aromatic heterocycles. The minimum atomic E-state index is -0.701. The average Bonchev–Trinajstić information content (AvgIpc) is 2.72. The minimum Gasteiger partial charge on any atom is -0.383 e. The molecular weight excluding hydrogens is 398 g/mol. The number of amides is 2. The highest BCUT2D eigenvalue weighted by Crippen LogP contribution is 2.23. The van der Waals surface area contributed by atoms with Crippen LogP contribution in [0, 0.1) is 0 Å². The summed E-state index contributed by atoms with van der Waals surface area (Å²) in [6, 6.07) is 8.58. The van der Waals surface area contributed by atoms with Gasteiger partial charge in [-0.25, -0.2) is 4.79 Å². The van der Waals surface area contributed by atoms with Crippen molar-refractivity contribution in [2.75, 3.05) is 17.2 Å². The molecule has 2 aromatic rings. The first-order chi connectivity index (χ1) is 14.8. The van der Waals surface area contributed by atoms with E-state index in [0.717, 1.165) is 12.0 Å². The van der Waals surface area contributed by atoms with E-state index in [0.29, 0.717) is 19.4 Å². The van der Waals surface area contributed by atoms with Crippen LogP contribution in [-0.2, 0) is 16.1 Å². The third kappa shape index (κ3) is 6.07. The zero-order chi connectivity index (χ0) is 23.0.